The number of rotatable bonds is 4. The average Bonchev–Trinajstić information content (AvgIpc) is 2.37. The van der Waals surface area contributed by atoms with Gasteiger partial charge in [-0.2, -0.15) is 11.8 Å². The van der Waals surface area contributed by atoms with E-state index in [0.29, 0.717) is 17.3 Å². The number of hydrogen-bond acceptors (Lipinski definition) is 4. The molecule has 98 valence electrons. The highest BCUT2D eigenvalue weighted by atomic mass is 32.2. The number of aromatic nitrogens is 1. The Bertz CT molecular complexity index is 431. The Morgan fingerprint density at radius 3 is 2.94 bits per heavy atom. The Morgan fingerprint density at radius 2 is 2.28 bits per heavy atom. The van der Waals surface area contributed by atoms with Crippen LogP contribution in [0.5, 0.6) is 0 Å². The maximum atomic E-state index is 11.2. The molecule has 1 aromatic heterocycles. The number of carboxylic acids is 1. The number of nitrogens with one attached hydrogen (secondary N) is 1. The molecule has 1 aliphatic rings. The number of nitrogens with zero attached hydrogens (tertiary/aromatic N) is 1. The zero-order valence-corrected chi connectivity index (χ0v) is 11.3. The molecule has 2 rings (SSSR count). The van der Waals surface area contributed by atoms with Gasteiger partial charge >= 0.3 is 5.97 Å². The lowest BCUT2D eigenvalue weighted by atomic mass is 10.0. The average molecular weight is 266 g/mol. The smallest absolute Gasteiger partial charge is 0.339 e. The van der Waals surface area contributed by atoms with Crippen LogP contribution in [0.4, 0.5) is 5.82 Å². The van der Waals surface area contributed by atoms with Gasteiger partial charge in [0.1, 0.15) is 11.4 Å². The van der Waals surface area contributed by atoms with Gasteiger partial charge in [0, 0.05) is 12.7 Å². The quantitative estimate of drug-likeness (QED) is 0.877. The number of anilines is 1. The van der Waals surface area contributed by atoms with Crippen LogP contribution in [0.1, 0.15) is 28.8 Å². The molecule has 1 saturated heterocycles. The summed E-state index contributed by atoms with van der Waals surface area (Å²) < 4.78 is 0. The van der Waals surface area contributed by atoms with Crippen LogP contribution in [0, 0.1) is 12.8 Å². The van der Waals surface area contributed by atoms with Crippen LogP contribution in [-0.4, -0.2) is 34.1 Å². The normalized spacial score (nSPS) is 16.5. The molecule has 0 atom stereocenters. The van der Waals surface area contributed by atoms with E-state index in [2.05, 4.69) is 10.3 Å². The number of carboxylic acid groups (broad SMARTS) is 1. The minimum absolute atomic E-state index is 0.294. The van der Waals surface area contributed by atoms with Gasteiger partial charge in [0.15, 0.2) is 0 Å². The molecular formula is C13H18N2O2S. The minimum atomic E-state index is -0.915. The second-order valence-electron chi connectivity index (χ2n) is 4.59. The summed E-state index contributed by atoms with van der Waals surface area (Å²) in [5.74, 6) is 2.64. The van der Waals surface area contributed by atoms with Crippen molar-refractivity contribution in [2.24, 2.45) is 5.92 Å². The van der Waals surface area contributed by atoms with E-state index < -0.39 is 5.97 Å². The molecule has 0 spiro atoms. The molecule has 0 aromatic carbocycles. The zero-order chi connectivity index (χ0) is 13.0. The number of carbonyl (C=O) groups is 1. The topological polar surface area (TPSA) is 62.2 Å². The maximum Gasteiger partial charge on any atom is 0.339 e. The Kier molecular flexibility index (Phi) is 4.47. The summed E-state index contributed by atoms with van der Waals surface area (Å²) in [6.45, 7) is 2.62. The van der Waals surface area contributed by atoms with Crippen LogP contribution in [0.3, 0.4) is 0 Å². The number of pyridine rings is 1. The van der Waals surface area contributed by atoms with Crippen molar-refractivity contribution in [2.45, 2.75) is 19.8 Å². The fourth-order valence-electron chi connectivity index (χ4n) is 2.15. The number of aromatic carboxylic acids is 1. The lowest BCUT2D eigenvalue weighted by Gasteiger charge is -2.22. The zero-order valence-electron chi connectivity index (χ0n) is 10.5. The molecule has 2 heterocycles. The second-order valence-corrected chi connectivity index (χ2v) is 5.82. The molecule has 1 aliphatic heterocycles. The minimum Gasteiger partial charge on any atom is -0.478 e. The summed E-state index contributed by atoms with van der Waals surface area (Å²) in [7, 11) is 0. The van der Waals surface area contributed by atoms with Crippen LogP contribution in [0.2, 0.25) is 0 Å². The van der Waals surface area contributed by atoms with E-state index in [1.54, 1.807) is 19.2 Å². The summed E-state index contributed by atoms with van der Waals surface area (Å²) in [4.78, 5) is 15.4. The third kappa shape index (κ3) is 3.16. The van der Waals surface area contributed by atoms with E-state index in [9.17, 15) is 9.90 Å². The molecular weight excluding hydrogens is 248 g/mol. The Morgan fingerprint density at radius 1 is 1.56 bits per heavy atom. The molecule has 18 heavy (non-hydrogen) atoms. The number of thioether (sulfide) groups is 1. The Hall–Kier alpha value is -1.23. The lowest BCUT2D eigenvalue weighted by molar-refractivity contribution is 0.0697. The molecule has 0 radical (unpaired) electrons. The van der Waals surface area contributed by atoms with Gasteiger partial charge in [0.25, 0.3) is 0 Å². The van der Waals surface area contributed by atoms with E-state index in [-0.39, 0.29) is 0 Å². The van der Waals surface area contributed by atoms with Crippen molar-refractivity contribution in [3.05, 3.63) is 23.4 Å². The van der Waals surface area contributed by atoms with Gasteiger partial charge in [-0.25, -0.2) is 9.78 Å². The molecule has 0 saturated carbocycles. The first kappa shape index (κ1) is 13.2. The monoisotopic (exact) mass is 266 g/mol. The largest absolute Gasteiger partial charge is 0.478 e. The summed E-state index contributed by atoms with van der Waals surface area (Å²) in [6, 6.07) is 1.73. The lowest BCUT2D eigenvalue weighted by Crippen LogP contribution is -2.21. The summed E-state index contributed by atoms with van der Waals surface area (Å²) in [6.07, 6.45) is 4.05. The van der Waals surface area contributed by atoms with Crippen LogP contribution in [0.15, 0.2) is 12.3 Å². The maximum absolute atomic E-state index is 11.2. The van der Waals surface area contributed by atoms with Crippen LogP contribution in [0.25, 0.3) is 0 Å². The van der Waals surface area contributed by atoms with Crippen LogP contribution >= 0.6 is 11.8 Å². The molecule has 4 nitrogen and oxygen atoms in total. The molecule has 0 unspecified atom stereocenters. The highest BCUT2D eigenvalue weighted by Gasteiger charge is 2.17. The number of aryl methyl sites for hydroxylation is 1. The molecule has 5 heteroatoms. The fraction of sp³-hybridized carbons (Fsp3) is 0.538. The molecule has 1 fully saturated rings. The highest BCUT2D eigenvalue weighted by molar-refractivity contribution is 7.99. The van der Waals surface area contributed by atoms with E-state index in [0.717, 1.165) is 12.1 Å². The van der Waals surface area contributed by atoms with Crippen molar-refractivity contribution in [3.63, 3.8) is 0 Å². The standard InChI is InChI=1S/C13H18N2O2S/c1-9-2-5-14-12(11(9)13(16)17)15-8-10-3-6-18-7-4-10/h2,5,10H,3-4,6-8H2,1H3,(H,14,15)(H,16,17). The van der Waals surface area contributed by atoms with E-state index >= 15 is 0 Å². The first-order valence-corrected chi connectivity index (χ1v) is 7.34. The fourth-order valence-corrected chi connectivity index (χ4v) is 3.36. The van der Waals surface area contributed by atoms with Gasteiger partial charge in [-0.3, -0.25) is 0 Å². The predicted molar refractivity (Wildman–Crippen MR) is 74.5 cm³/mol. The van der Waals surface area contributed by atoms with Crippen LogP contribution < -0.4 is 5.32 Å². The molecule has 0 bridgehead atoms. The van der Waals surface area contributed by atoms with Crippen molar-refractivity contribution in [2.75, 3.05) is 23.4 Å². The van der Waals surface area contributed by atoms with Gasteiger partial charge in [0.05, 0.1) is 0 Å². The summed E-state index contributed by atoms with van der Waals surface area (Å²) in [5, 5.41) is 12.4. The summed E-state index contributed by atoms with van der Waals surface area (Å²) >= 11 is 1.99. The number of hydrogen-bond donors (Lipinski definition) is 2. The third-order valence-electron chi connectivity index (χ3n) is 3.27. The predicted octanol–water partition coefficient (Wildman–Crippen LogP) is 2.64. The van der Waals surface area contributed by atoms with Crippen molar-refractivity contribution < 1.29 is 9.90 Å². The molecule has 1 aromatic rings. The SMILES string of the molecule is Cc1ccnc(NCC2CCSCC2)c1C(=O)O. The Balaban J connectivity index is 2.04. The van der Waals surface area contributed by atoms with Gasteiger partial charge in [-0.15, -0.1) is 0 Å². The second kappa shape index (κ2) is 6.09. The first-order valence-electron chi connectivity index (χ1n) is 6.19. The van der Waals surface area contributed by atoms with E-state index in [1.165, 1.54) is 24.3 Å². The highest BCUT2D eigenvalue weighted by Crippen LogP contribution is 2.24. The summed E-state index contributed by atoms with van der Waals surface area (Å²) in [5.41, 5.74) is 1.04. The first-order chi connectivity index (χ1) is 8.68. The van der Waals surface area contributed by atoms with Crippen molar-refractivity contribution in [1.29, 1.82) is 0 Å². The third-order valence-corrected chi connectivity index (χ3v) is 4.32. The van der Waals surface area contributed by atoms with Gasteiger partial charge in [0.2, 0.25) is 0 Å². The molecule has 0 amide bonds. The van der Waals surface area contributed by atoms with Crippen LogP contribution in [-0.2, 0) is 0 Å². The van der Waals surface area contributed by atoms with Gasteiger partial charge in [-0.05, 0) is 48.8 Å². The molecule has 0 aliphatic carbocycles. The Labute approximate surface area is 111 Å². The van der Waals surface area contributed by atoms with E-state index in [1.807, 2.05) is 11.8 Å². The van der Waals surface area contributed by atoms with Gasteiger partial charge in [-0.1, -0.05) is 0 Å². The van der Waals surface area contributed by atoms with Crippen molar-refractivity contribution in [3.8, 4) is 0 Å². The molecule has 2 N–H and O–H groups in total. The van der Waals surface area contributed by atoms with Gasteiger partial charge < -0.3 is 10.4 Å². The van der Waals surface area contributed by atoms with Crippen molar-refractivity contribution >= 4 is 23.5 Å². The van der Waals surface area contributed by atoms with E-state index in [4.69, 9.17) is 0 Å². The van der Waals surface area contributed by atoms with Crippen molar-refractivity contribution in [1.82, 2.24) is 4.98 Å².